The molecule has 0 aromatic heterocycles. The third-order valence-electron chi connectivity index (χ3n) is 0.508. The maximum atomic E-state index is 7.62. The summed E-state index contributed by atoms with van der Waals surface area (Å²) in [5.41, 5.74) is 0. The summed E-state index contributed by atoms with van der Waals surface area (Å²) in [7, 11) is 0. The lowest BCUT2D eigenvalue weighted by Gasteiger charge is -1.86. The van der Waals surface area contributed by atoms with Crippen molar-refractivity contribution in [3.63, 3.8) is 0 Å². The molecule has 0 aromatic carbocycles. The fourth-order valence-corrected chi connectivity index (χ4v) is 0.204. The second-order valence-electron chi connectivity index (χ2n) is 1.23. The zero-order valence-electron chi connectivity index (χ0n) is 7.25. The standard InChI is InChI=1S/C4H10O.C2H6O2.ClH.H3N/c1-3-5-4-2;3-1-2-4;;/h3-4H2,1-2H3;3-4H,1-2H2;1H;1H3. The van der Waals surface area contributed by atoms with Gasteiger partial charge >= 0.3 is 0 Å². The van der Waals surface area contributed by atoms with Crippen molar-refractivity contribution in [2.45, 2.75) is 13.8 Å². The molecule has 0 aromatic rings. The van der Waals surface area contributed by atoms with E-state index in [9.17, 15) is 0 Å². The maximum absolute atomic E-state index is 7.62. The highest BCUT2D eigenvalue weighted by atomic mass is 35.5. The zero-order valence-corrected chi connectivity index (χ0v) is 8.06. The molecule has 0 bridgehead atoms. The molecule has 0 atom stereocenters. The normalized spacial score (nSPS) is 6.55. The van der Waals surface area contributed by atoms with Crippen LogP contribution in [-0.4, -0.2) is 36.6 Å². The van der Waals surface area contributed by atoms with Crippen LogP contribution in [0.3, 0.4) is 0 Å². The molecule has 0 spiro atoms. The Balaban J connectivity index is -0.0000000383. The number of halogens is 1. The van der Waals surface area contributed by atoms with Gasteiger partial charge in [-0.1, -0.05) is 0 Å². The number of aliphatic hydroxyl groups excluding tert-OH is 2. The van der Waals surface area contributed by atoms with Crippen molar-refractivity contribution in [1.82, 2.24) is 6.15 Å². The average Bonchev–Trinajstić information content (AvgIpc) is 1.91. The average molecular weight is 190 g/mol. The van der Waals surface area contributed by atoms with E-state index in [2.05, 4.69) is 0 Å². The van der Waals surface area contributed by atoms with E-state index in [1.54, 1.807) is 0 Å². The van der Waals surface area contributed by atoms with Gasteiger partial charge in [0.15, 0.2) is 0 Å². The van der Waals surface area contributed by atoms with Crippen LogP contribution in [-0.2, 0) is 4.74 Å². The Morgan fingerprint density at radius 2 is 1.27 bits per heavy atom. The van der Waals surface area contributed by atoms with E-state index in [0.717, 1.165) is 13.2 Å². The number of ether oxygens (including phenoxy) is 1. The van der Waals surface area contributed by atoms with Crippen LogP contribution in [0.5, 0.6) is 0 Å². The van der Waals surface area contributed by atoms with Crippen molar-refractivity contribution in [1.29, 1.82) is 0 Å². The first-order valence-electron chi connectivity index (χ1n) is 3.12. The van der Waals surface area contributed by atoms with Gasteiger partial charge in [0, 0.05) is 13.2 Å². The van der Waals surface area contributed by atoms with E-state index >= 15 is 0 Å². The van der Waals surface area contributed by atoms with Crippen LogP contribution < -0.4 is 6.15 Å². The molecule has 5 heteroatoms. The number of rotatable bonds is 3. The molecule has 11 heavy (non-hydrogen) atoms. The van der Waals surface area contributed by atoms with E-state index < -0.39 is 0 Å². The molecule has 0 heterocycles. The van der Waals surface area contributed by atoms with Crippen molar-refractivity contribution in [3.8, 4) is 0 Å². The van der Waals surface area contributed by atoms with Gasteiger partial charge in [0.25, 0.3) is 0 Å². The highest BCUT2D eigenvalue weighted by Gasteiger charge is 1.64. The summed E-state index contributed by atoms with van der Waals surface area (Å²) in [4.78, 5) is 0. The summed E-state index contributed by atoms with van der Waals surface area (Å²) < 4.78 is 4.83. The van der Waals surface area contributed by atoms with Crippen LogP contribution in [0, 0.1) is 0 Å². The molecule has 0 fully saturated rings. The molecule has 0 rings (SSSR count). The Labute approximate surface area is 74.6 Å². The van der Waals surface area contributed by atoms with Crippen molar-refractivity contribution in [2.75, 3.05) is 26.4 Å². The highest BCUT2D eigenvalue weighted by Crippen LogP contribution is 1.64. The van der Waals surface area contributed by atoms with Gasteiger partial charge in [0.05, 0.1) is 13.2 Å². The van der Waals surface area contributed by atoms with Gasteiger partial charge in [-0.05, 0) is 13.8 Å². The molecule has 0 radical (unpaired) electrons. The van der Waals surface area contributed by atoms with Crippen molar-refractivity contribution < 1.29 is 14.9 Å². The van der Waals surface area contributed by atoms with Crippen LogP contribution in [0.1, 0.15) is 13.8 Å². The highest BCUT2D eigenvalue weighted by molar-refractivity contribution is 5.85. The van der Waals surface area contributed by atoms with Gasteiger partial charge in [0.1, 0.15) is 0 Å². The van der Waals surface area contributed by atoms with Crippen LogP contribution in [0.25, 0.3) is 0 Å². The maximum Gasteiger partial charge on any atom is 0.0662 e. The lowest BCUT2D eigenvalue weighted by Crippen LogP contribution is -1.85. The van der Waals surface area contributed by atoms with E-state index in [1.807, 2.05) is 13.8 Å². The van der Waals surface area contributed by atoms with Gasteiger partial charge in [-0.3, -0.25) is 0 Å². The molecular formula is C6H20ClNO3. The Bertz CT molecular complexity index is 37.0. The van der Waals surface area contributed by atoms with Gasteiger partial charge in [-0.2, -0.15) is 0 Å². The van der Waals surface area contributed by atoms with Crippen LogP contribution in [0.15, 0.2) is 0 Å². The molecule has 4 nitrogen and oxygen atoms in total. The van der Waals surface area contributed by atoms with Crippen LogP contribution in [0.4, 0.5) is 0 Å². The molecule has 0 aliphatic carbocycles. The summed E-state index contributed by atoms with van der Waals surface area (Å²) >= 11 is 0. The summed E-state index contributed by atoms with van der Waals surface area (Å²) in [5.74, 6) is 0. The smallest absolute Gasteiger partial charge is 0.0662 e. The van der Waals surface area contributed by atoms with Gasteiger partial charge < -0.3 is 21.1 Å². The summed E-state index contributed by atoms with van der Waals surface area (Å²) in [6.07, 6.45) is 0. The zero-order chi connectivity index (χ0) is 7.54. The quantitative estimate of drug-likeness (QED) is 0.607. The second kappa shape index (κ2) is 32.1. The lowest BCUT2D eigenvalue weighted by molar-refractivity contribution is 0.162. The number of hydrogen-bond donors (Lipinski definition) is 3. The lowest BCUT2D eigenvalue weighted by atomic mass is 10.8. The molecule has 0 saturated carbocycles. The fraction of sp³-hybridized carbons (Fsp3) is 1.00. The van der Waals surface area contributed by atoms with Gasteiger partial charge in [-0.25, -0.2) is 0 Å². The summed E-state index contributed by atoms with van der Waals surface area (Å²) in [5, 5.41) is 15.2. The van der Waals surface area contributed by atoms with Crippen molar-refractivity contribution in [3.05, 3.63) is 0 Å². The Hall–Kier alpha value is 0.130. The minimum atomic E-state index is -0.125. The molecule has 5 N–H and O–H groups in total. The largest absolute Gasteiger partial charge is 0.394 e. The summed E-state index contributed by atoms with van der Waals surface area (Å²) in [6, 6.07) is 0. The predicted octanol–water partition coefficient (Wildman–Crippen LogP) is 0.598. The Morgan fingerprint density at radius 3 is 1.27 bits per heavy atom. The third kappa shape index (κ3) is 68.3. The first-order chi connectivity index (χ1) is 4.33. The van der Waals surface area contributed by atoms with E-state index in [-0.39, 0.29) is 31.8 Å². The summed E-state index contributed by atoms with van der Waals surface area (Å²) in [6.45, 7) is 5.42. The van der Waals surface area contributed by atoms with E-state index in [4.69, 9.17) is 14.9 Å². The monoisotopic (exact) mass is 189 g/mol. The SMILES string of the molecule is CCOCC.Cl.N.OCCO. The van der Waals surface area contributed by atoms with Crippen molar-refractivity contribution in [2.24, 2.45) is 0 Å². The molecule has 0 amide bonds. The van der Waals surface area contributed by atoms with Crippen LogP contribution >= 0.6 is 12.4 Å². The number of hydrogen-bond acceptors (Lipinski definition) is 4. The first kappa shape index (κ1) is 22.5. The predicted molar refractivity (Wildman–Crippen MR) is 48.6 cm³/mol. The Morgan fingerprint density at radius 1 is 1.00 bits per heavy atom. The Kier molecular flexibility index (Phi) is 65.5. The van der Waals surface area contributed by atoms with Crippen molar-refractivity contribution >= 4 is 12.4 Å². The molecular weight excluding hydrogens is 170 g/mol. The van der Waals surface area contributed by atoms with Gasteiger partial charge in [-0.15, -0.1) is 12.4 Å². The minimum Gasteiger partial charge on any atom is -0.394 e. The molecule has 74 valence electrons. The van der Waals surface area contributed by atoms with E-state index in [1.165, 1.54) is 0 Å². The first-order valence-corrected chi connectivity index (χ1v) is 3.12. The molecule has 0 aliphatic heterocycles. The second-order valence-corrected chi connectivity index (χ2v) is 1.23. The third-order valence-corrected chi connectivity index (χ3v) is 0.508. The van der Waals surface area contributed by atoms with Gasteiger partial charge in [0.2, 0.25) is 0 Å². The number of aliphatic hydroxyl groups is 2. The molecule has 0 unspecified atom stereocenters. The topological polar surface area (TPSA) is 84.7 Å². The molecule has 0 saturated heterocycles. The molecule has 0 aliphatic rings. The fourth-order valence-electron chi connectivity index (χ4n) is 0.204. The van der Waals surface area contributed by atoms with E-state index in [0.29, 0.717) is 0 Å². The van der Waals surface area contributed by atoms with Crippen LogP contribution in [0.2, 0.25) is 0 Å². The minimum absolute atomic E-state index is 0.